The summed E-state index contributed by atoms with van der Waals surface area (Å²) < 4.78 is 8.95. The van der Waals surface area contributed by atoms with Gasteiger partial charge < -0.3 is 14.6 Å². The van der Waals surface area contributed by atoms with Crippen LogP contribution in [-0.4, -0.2) is 31.3 Å². The number of phenolic OH excluding ortho intramolecular Hbond substituents is 1. The molecule has 0 unspecified atom stereocenters. The van der Waals surface area contributed by atoms with Crippen LogP contribution >= 0.6 is 0 Å². The number of esters is 2. The standard InChI is InChI=1S/C12H12O5.2CH4/c1-16-11(14)10(12(15)17-2)7-8-3-5-9(13)6-4-8;;/h3-7,13H,1-2H3;2*1H4. The molecule has 5 heteroatoms. The van der Waals surface area contributed by atoms with E-state index in [1.807, 2.05) is 0 Å². The minimum absolute atomic E-state index is 0. The van der Waals surface area contributed by atoms with Crippen molar-refractivity contribution in [3.63, 3.8) is 0 Å². The Hall–Kier alpha value is -2.30. The lowest BCUT2D eigenvalue weighted by Crippen LogP contribution is -2.15. The molecular formula is C14H20O5. The number of hydrogen-bond acceptors (Lipinski definition) is 5. The third kappa shape index (κ3) is 5.25. The maximum Gasteiger partial charge on any atom is 0.345 e. The molecule has 0 saturated heterocycles. The molecule has 0 radical (unpaired) electrons. The van der Waals surface area contributed by atoms with Gasteiger partial charge in [-0.2, -0.15) is 0 Å². The van der Waals surface area contributed by atoms with Crippen molar-refractivity contribution in [1.82, 2.24) is 0 Å². The Kier molecular flexibility index (Phi) is 8.76. The van der Waals surface area contributed by atoms with Crippen LogP contribution in [0, 0.1) is 0 Å². The van der Waals surface area contributed by atoms with Crippen molar-refractivity contribution in [1.29, 1.82) is 0 Å². The van der Waals surface area contributed by atoms with Gasteiger partial charge in [0.15, 0.2) is 0 Å². The average Bonchev–Trinajstić information content (AvgIpc) is 2.36. The summed E-state index contributed by atoms with van der Waals surface area (Å²) in [7, 11) is 2.35. The molecule has 0 spiro atoms. The number of hydrogen-bond donors (Lipinski definition) is 1. The predicted molar refractivity (Wildman–Crippen MR) is 73.6 cm³/mol. The van der Waals surface area contributed by atoms with Gasteiger partial charge in [-0.3, -0.25) is 0 Å². The lowest BCUT2D eigenvalue weighted by molar-refractivity contribution is -0.143. The molecular weight excluding hydrogens is 248 g/mol. The Morgan fingerprint density at radius 2 is 1.42 bits per heavy atom. The van der Waals surface area contributed by atoms with E-state index in [4.69, 9.17) is 5.11 Å². The first-order valence-corrected chi connectivity index (χ1v) is 4.76. The number of carbonyl (C=O) groups is 2. The molecule has 1 aromatic rings. The van der Waals surface area contributed by atoms with Crippen LogP contribution in [0.1, 0.15) is 20.4 Å². The van der Waals surface area contributed by atoms with Crippen LogP contribution in [0.15, 0.2) is 29.8 Å². The van der Waals surface area contributed by atoms with Crippen LogP contribution in [0.2, 0.25) is 0 Å². The number of carbonyl (C=O) groups excluding carboxylic acids is 2. The second-order valence-electron chi connectivity index (χ2n) is 3.13. The average molecular weight is 268 g/mol. The maximum atomic E-state index is 11.3. The van der Waals surface area contributed by atoms with Crippen LogP contribution in [0.25, 0.3) is 6.08 Å². The van der Waals surface area contributed by atoms with Crippen molar-refractivity contribution < 1.29 is 24.2 Å². The van der Waals surface area contributed by atoms with Crippen LogP contribution in [0.3, 0.4) is 0 Å². The zero-order valence-corrected chi connectivity index (χ0v) is 9.47. The molecule has 0 aliphatic heterocycles. The molecule has 0 amide bonds. The number of methoxy groups -OCH3 is 2. The molecule has 0 fully saturated rings. The monoisotopic (exact) mass is 268 g/mol. The van der Waals surface area contributed by atoms with Crippen LogP contribution in [0.4, 0.5) is 0 Å². The van der Waals surface area contributed by atoms with Gasteiger partial charge in [-0.1, -0.05) is 27.0 Å². The second kappa shape index (κ2) is 8.74. The highest BCUT2D eigenvalue weighted by Crippen LogP contribution is 2.14. The van der Waals surface area contributed by atoms with Gasteiger partial charge in [-0.25, -0.2) is 9.59 Å². The molecule has 1 aromatic carbocycles. The molecule has 0 atom stereocenters. The summed E-state index contributed by atoms with van der Waals surface area (Å²) in [5.41, 5.74) is 0.370. The largest absolute Gasteiger partial charge is 0.508 e. The van der Waals surface area contributed by atoms with Crippen LogP contribution in [0.5, 0.6) is 5.75 Å². The van der Waals surface area contributed by atoms with Crippen molar-refractivity contribution >= 4 is 18.0 Å². The maximum absolute atomic E-state index is 11.3. The third-order valence-electron chi connectivity index (χ3n) is 2.01. The third-order valence-corrected chi connectivity index (χ3v) is 2.01. The first-order chi connectivity index (χ1) is 8.08. The molecule has 19 heavy (non-hydrogen) atoms. The highest BCUT2D eigenvalue weighted by molar-refractivity contribution is 6.17. The first-order valence-electron chi connectivity index (χ1n) is 4.76. The fraction of sp³-hybridized carbons (Fsp3) is 0.286. The summed E-state index contributed by atoms with van der Waals surface area (Å²) in [5.74, 6) is -1.45. The number of aromatic hydroxyl groups is 1. The van der Waals surface area contributed by atoms with E-state index in [-0.39, 0.29) is 26.2 Å². The molecule has 0 aromatic heterocycles. The number of benzene rings is 1. The number of rotatable bonds is 3. The lowest BCUT2D eigenvalue weighted by Gasteiger charge is -2.03. The van der Waals surface area contributed by atoms with E-state index in [9.17, 15) is 9.59 Å². The van der Waals surface area contributed by atoms with Gasteiger partial charge in [0.1, 0.15) is 11.3 Å². The van der Waals surface area contributed by atoms with Crippen molar-refractivity contribution in [3.8, 4) is 5.75 Å². The molecule has 0 bridgehead atoms. The second-order valence-corrected chi connectivity index (χ2v) is 3.13. The van der Waals surface area contributed by atoms with Crippen LogP contribution in [-0.2, 0) is 19.1 Å². The zero-order valence-electron chi connectivity index (χ0n) is 9.47. The number of ether oxygens (including phenoxy) is 2. The van der Waals surface area contributed by atoms with Crippen molar-refractivity contribution in [2.24, 2.45) is 0 Å². The molecule has 0 heterocycles. The van der Waals surface area contributed by atoms with Gasteiger partial charge in [-0.15, -0.1) is 0 Å². The van der Waals surface area contributed by atoms with E-state index in [2.05, 4.69) is 9.47 Å². The molecule has 106 valence electrons. The summed E-state index contributed by atoms with van der Waals surface area (Å²) in [6.07, 6.45) is 1.33. The van der Waals surface area contributed by atoms with E-state index in [1.54, 1.807) is 12.1 Å². The smallest absolute Gasteiger partial charge is 0.345 e. The van der Waals surface area contributed by atoms with Gasteiger partial charge >= 0.3 is 11.9 Å². The predicted octanol–water partition coefficient (Wildman–Crippen LogP) is 2.39. The Morgan fingerprint density at radius 1 is 1.00 bits per heavy atom. The van der Waals surface area contributed by atoms with E-state index in [1.165, 1.54) is 32.4 Å². The SMILES string of the molecule is C.C.COC(=O)C(=Cc1ccc(O)cc1)C(=O)OC. The highest BCUT2D eigenvalue weighted by Gasteiger charge is 2.19. The molecule has 0 aliphatic carbocycles. The minimum Gasteiger partial charge on any atom is -0.508 e. The normalized spacial score (nSPS) is 8.32. The summed E-state index contributed by atoms with van der Waals surface area (Å²) in [5, 5.41) is 9.10. The van der Waals surface area contributed by atoms with Gasteiger partial charge in [0.05, 0.1) is 14.2 Å². The van der Waals surface area contributed by atoms with Gasteiger partial charge in [0, 0.05) is 0 Å². The highest BCUT2D eigenvalue weighted by atomic mass is 16.5. The van der Waals surface area contributed by atoms with Gasteiger partial charge in [0.2, 0.25) is 0 Å². The van der Waals surface area contributed by atoms with Crippen molar-refractivity contribution in [2.45, 2.75) is 14.9 Å². The van der Waals surface area contributed by atoms with Crippen LogP contribution < -0.4 is 0 Å². The number of phenols is 1. The summed E-state index contributed by atoms with van der Waals surface area (Å²) in [4.78, 5) is 22.7. The van der Waals surface area contributed by atoms with E-state index < -0.39 is 11.9 Å². The van der Waals surface area contributed by atoms with E-state index in [0.29, 0.717) is 5.56 Å². The summed E-state index contributed by atoms with van der Waals surface area (Å²) in [6, 6.07) is 6.00. The van der Waals surface area contributed by atoms with E-state index in [0.717, 1.165) is 0 Å². The quantitative estimate of drug-likeness (QED) is 0.394. The Bertz CT molecular complexity index is 427. The Balaban J connectivity index is 0. The van der Waals surface area contributed by atoms with Gasteiger partial charge in [0.25, 0.3) is 0 Å². The molecule has 0 aliphatic rings. The molecule has 0 saturated carbocycles. The Labute approximate surface area is 113 Å². The topological polar surface area (TPSA) is 72.8 Å². The first kappa shape index (κ1) is 19.0. The fourth-order valence-corrected chi connectivity index (χ4v) is 1.16. The molecule has 1 rings (SSSR count). The Morgan fingerprint density at radius 3 is 1.79 bits per heavy atom. The minimum atomic E-state index is -0.773. The zero-order chi connectivity index (χ0) is 12.8. The molecule has 5 nitrogen and oxygen atoms in total. The lowest BCUT2D eigenvalue weighted by atomic mass is 10.1. The summed E-state index contributed by atoms with van der Waals surface area (Å²) in [6.45, 7) is 0. The van der Waals surface area contributed by atoms with Crippen molar-refractivity contribution in [3.05, 3.63) is 35.4 Å². The summed E-state index contributed by atoms with van der Waals surface area (Å²) >= 11 is 0. The van der Waals surface area contributed by atoms with Crippen molar-refractivity contribution in [2.75, 3.05) is 14.2 Å². The molecule has 1 N–H and O–H groups in total. The van der Waals surface area contributed by atoms with Gasteiger partial charge in [-0.05, 0) is 23.8 Å². The van der Waals surface area contributed by atoms with E-state index >= 15 is 0 Å². The fourth-order valence-electron chi connectivity index (χ4n) is 1.16.